The van der Waals surface area contributed by atoms with Crippen molar-refractivity contribution in [2.75, 3.05) is 0 Å². The van der Waals surface area contributed by atoms with Crippen molar-refractivity contribution < 1.29 is 14.3 Å². The number of ether oxygens (including phenoxy) is 1. The molecule has 0 atom stereocenters. The maximum Gasteiger partial charge on any atom is 0.426 e. The van der Waals surface area contributed by atoms with Crippen LogP contribution in [0.15, 0.2) is 115 Å². The summed E-state index contributed by atoms with van der Waals surface area (Å²) < 4.78 is 5.15. The van der Waals surface area contributed by atoms with Crippen molar-refractivity contribution >= 4 is 35.2 Å². The molecule has 0 saturated heterocycles. The summed E-state index contributed by atoms with van der Waals surface area (Å²) in [6.07, 6.45) is 0.314. The van der Waals surface area contributed by atoms with E-state index >= 15 is 0 Å². The summed E-state index contributed by atoms with van der Waals surface area (Å²) in [6, 6.07) is 40.5. The third kappa shape index (κ3) is 6.87. The van der Waals surface area contributed by atoms with Crippen LogP contribution in [0.4, 0.5) is 4.79 Å². The molecular weight excluding hydrogens is 491 g/mol. The lowest BCUT2D eigenvalue weighted by Gasteiger charge is -2.28. The summed E-state index contributed by atoms with van der Waals surface area (Å²) in [4.78, 5) is 24.2. The topological polar surface area (TPSA) is 67.4 Å². The van der Waals surface area contributed by atoms with E-state index in [9.17, 15) is 9.59 Å². The highest BCUT2D eigenvalue weighted by Gasteiger charge is 2.45. The van der Waals surface area contributed by atoms with Crippen LogP contribution in [0.3, 0.4) is 0 Å². The molecule has 0 aromatic heterocycles. The van der Waals surface area contributed by atoms with E-state index in [1.54, 1.807) is 20.8 Å². The molecular formula is C32H34N2O3P+. The summed E-state index contributed by atoms with van der Waals surface area (Å²) >= 11 is 0. The van der Waals surface area contributed by atoms with Crippen molar-refractivity contribution in [3.05, 3.63) is 126 Å². The molecule has 4 aromatic rings. The van der Waals surface area contributed by atoms with Gasteiger partial charge in [0.05, 0.1) is 12.6 Å². The van der Waals surface area contributed by atoms with Gasteiger partial charge in [-0.25, -0.2) is 10.2 Å². The van der Waals surface area contributed by atoms with E-state index < -0.39 is 19.0 Å². The highest BCUT2D eigenvalue weighted by molar-refractivity contribution is 7.95. The van der Waals surface area contributed by atoms with Crippen LogP contribution in [0.1, 0.15) is 31.9 Å². The minimum Gasteiger partial charge on any atom is -0.443 e. The highest BCUT2D eigenvalue weighted by Crippen LogP contribution is 2.58. The Labute approximate surface area is 225 Å². The van der Waals surface area contributed by atoms with Gasteiger partial charge in [0.25, 0.3) is 0 Å². The fourth-order valence-electron chi connectivity index (χ4n) is 4.46. The van der Waals surface area contributed by atoms with E-state index in [2.05, 4.69) is 114 Å². The number of amides is 2. The molecule has 0 spiro atoms. The predicted molar refractivity (Wildman–Crippen MR) is 157 cm³/mol. The molecule has 0 aliphatic heterocycles. The van der Waals surface area contributed by atoms with Crippen LogP contribution in [-0.4, -0.2) is 17.6 Å². The predicted octanol–water partition coefficient (Wildman–Crippen LogP) is 5.28. The van der Waals surface area contributed by atoms with Crippen LogP contribution in [0.2, 0.25) is 0 Å². The van der Waals surface area contributed by atoms with Gasteiger partial charge in [-0.15, -0.1) is 0 Å². The van der Waals surface area contributed by atoms with Crippen molar-refractivity contribution in [2.24, 2.45) is 0 Å². The first-order chi connectivity index (χ1) is 18.3. The number of carbonyl (C=O) groups excluding carboxylic acids is 2. The molecule has 0 radical (unpaired) electrons. The normalized spacial score (nSPS) is 11.4. The monoisotopic (exact) mass is 525 g/mol. The minimum atomic E-state index is -2.00. The van der Waals surface area contributed by atoms with Crippen molar-refractivity contribution in [3.8, 4) is 0 Å². The van der Waals surface area contributed by atoms with Crippen LogP contribution in [0.5, 0.6) is 0 Å². The molecule has 0 aliphatic rings. The van der Waals surface area contributed by atoms with E-state index in [0.29, 0.717) is 0 Å². The Morgan fingerprint density at radius 2 is 1.05 bits per heavy atom. The Balaban J connectivity index is 1.57. The van der Waals surface area contributed by atoms with Gasteiger partial charge < -0.3 is 4.74 Å². The van der Waals surface area contributed by atoms with E-state index in [4.69, 9.17) is 4.74 Å². The van der Waals surface area contributed by atoms with Gasteiger partial charge in [0.2, 0.25) is 5.91 Å². The first-order valence-electron chi connectivity index (χ1n) is 12.7. The zero-order chi connectivity index (χ0) is 27.0. The van der Waals surface area contributed by atoms with Crippen LogP contribution in [0, 0.1) is 0 Å². The number of benzene rings is 4. The van der Waals surface area contributed by atoms with Gasteiger partial charge in [0.15, 0.2) is 0 Å². The summed E-state index contributed by atoms with van der Waals surface area (Å²) in [5, 5.41) is 3.98. The van der Waals surface area contributed by atoms with Crippen LogP contribution in [0.25, 0.3) is 0 Å². The van der Waals surface area contributed by atoms with Crippen molar-refractivity contribution in [1.82, 2.24) is 10.9 Å². The fraction of sp³-hybridized carbons (Fsp3) is 0.188. The standard InChI is InChI=1S/C32H33N2O3P/c1-32(2,3)37-31(36)34-33-30(35)23-25-19-21-26(22-20-25)24-38(27-13-7-4-8-14-27,28-15-9-5-10-16-28)29-17-11-6-12-18-29/h4-22H,23-24H2,1-3H3,(H-,33,34,35,36)/p+1. The summed E-state index contributed by atoms with van der Waals surface area (Å²) in [7, 11) is -2.00. The molecule has 0 aliphatic carbocycles. The van der Waals surface area contributed by atoms with E-state index in [-0.39, 0.29) is 12.3 Å². The average molecular weight is 526 g/mol. The Kier molecular flexibility index (Phi) is 8.60. The maximum absolute atomic E-state index is 12.4. The molecule has 0 saturated carbocycles. The smallest absolute Gasteiger partial charge is 0.426 e. The number of hydrogen-bond acceptors (Lipinski definition) is 3. The van der Waals surface area contributed by atoms with Gasteiger partial charge in [-0.2, -0.15) is 0 Å². The second-order valence-electron chi connectivity index (χ2n) is 10.1. The average Bonchev–Trinajstić information content (AvgIpc) is 2.92. The Morgan fingerprint density at radius 1 is 0.632 bits per heavy atom. The van der Waals surface area contributed by atoms with Gasteiger partial charge in [-0.3, -0.25) is 10.2 Å². The van der Waals surface area contributed by atoms with Gasteiger partial charge in [-0.05, 0) is 68.3 Å². The zero-order valence-electron chi connectivity index (χ0n) is 22.1. The lowest BCUT2D eigenvalue weighted by Crippen LogP contribution is -2.44. The van der Waals surface area contributed by atoms with Crippen LogP contribution < -0.4 is 26.8 Å². The van der Waals surface area contributed by atoms with Gasteiger partial charge in [-0.1, -0.05) is 78.9 Å². The maximum atomic E-state index is 12.4. The number of carbonyl (C=O) groups is 2. The number of hydrogen-bond donors (Lipinski definition) is 2. The Bertz CT molecular complexity index is 1240. The van der Waals surface area contributed by atoms with E-state index in [1.165, 1.54) is 21.5 Å². The lowest BCUT2D eigenvalue weighted by atomic mass is 10.1. The van der Waals surface area contributed by atoms with Crippen molar-refractivity contribution in [1.29, 1.82) is 0 Å². The molecule has 6 heteroatoms. The van der Waals surface area contributed by atoms with Gasteiger partial charge >= 0.3 is 6.09 Å². The molecule has 0 fully saturated rings. The van der Waals surface area contributed by atoms with E-state index in [1.807, 2.05) is 12.1 Å². The Morgan fingerprint density at radius 3 is 1.47 bits per heavy atom. The quantitative estimate of drug-likeness (QED) is 0.255. The van der Waals surface area contributed by atoms with E-state index in [0.717, 1.165) is 11.7 Å². The summed E-state index contributed by atoms with van der Waals surface area (Å²) in [5.41, 5.74) is 6.14. The molecule has 2 amide bonds. The van der Waals surface area contributed by atoms with Crippen LogP contribution in [-0.2, 0) is 22.1 Å². The molecule has 4 aromatic carbocycles. The largest absolute Gasteiger partial charge is 0.443 e. The third-order valence-corrected chi connectivity index (χ3v) is 10.5. The van der Waals surface area contributed by atoms with Gasteiger partial charge in [0.1, 0.15) is 28.8 Å². The second kappa shape index (κ2) is 12.1. The first kappa shape index (κ1) is 27.1. The molecule has 2 N–H and O–H groups in total. The zero-order valence-corrected chi connectivity index (χ0v) is 23.0. The third-order valence-electron chi connectivity index (χ3n) is 6.10. The lowest BCUT2D eigenvalue weighted by molar-refractivity contribution is -0.121. The Hall–Kier alpha value is -3.95. The molecule has 38 heavy (non-hydrogen) atoms. The summed E-state index contributed by atoms with van der Waals surface area (Å²) in [6.45, 7) is 5.29. The highest BCUT2D eigenvalue weighted by atomic mass is 31.2. The molecule has 0 unspecified atom stereocenters. The second-order valence-corrected chi connectivity index (χ2v) is 13.6. The summed E-state index contributed by atoms with van der Waals surface area (Å²) in [5.74, 6) is -0.316. The molecule has 0 bridgehead atoms. The molecule has 5 nitrogen and oxygen atoms in total. The molecule has 0 heterocycles. The SMILES string of the molecule is CC(C)(C)OC(=O)NNC(=O)Cc1ccc(C[P+](c2ccccc2)(c2ccccc2)c2ccccc2)cc1. The van der Waals surface area contributed by atoms with Gasteiger partial charge in [0, 0.05) is 0 Å². The molecule has 194 valence electrons. The number of hydrazine groups is 1. The molecule has 4 rings (SSSR count). The minimum absolute atomic E-state index is 0.145. The van der Waals surface area contributed by atoms with Crippen LogP contribution >= 0.6 is 7.26 Å². The number of rotatable bonds is 7. The first-order valence-corrected chi connectivity index (χ1v) is 14.6. The van der Waals surface area contributed by atoms with Crippen molar-refractivity contribution in [3.63, 3.8) is 0 Å². The number of nitrogens with one attached hydrogen (secondary N) is 2. The van der Waals surface area contributed by atoms with Crippen molar-refractivity contribution in [2.45, 2.75) is 39.0 Å². The fourth-order valence-corrected chi connectivity index (χ4v) is 8.70.